The summed E-state index contributed by atoms with van der Waals surface area (Å²) in [6.07, 6.45) is 1.28. The summed E-state index contributed by atoms with van der Waals surface area (Å²) in [6, 6.07) is 15.9. The number of carbonyl (C=O) groups is 1. The van der Waals surface area contributed by atoms with Crippen LogP contribution in [0, 0.1) is 12.7 Å². The van der Waals surface area contributed by atoms with E-state index in [9.17, 15) is 14.7 Å². The van der Waals surface area contributed by atoms with Crippen molar-refractivity contribution in [3.63, 3.8) is 0 Å². The summed E-state index contributed by atoms with van der Waals surface area (Å²) in [5.41, 5.74) is -0.407. The highest BCUT2D eigenvalue weighted by molar-refractivity contribution is 6.05. The number of fused-ring (bicyclic) bond motifs is 1. The molecule has 5 aromatic rings. The minimum absolute atomic E-state index is 0.0489. The van der Waals surface area contributed by atoms with Gasteiger partial charge < -0.3 is 24.6 Å². The Morgan fingerprint density at radius 1 is 1.00 bits per heavy atom. The number of methoxy groups -OCH3 is 2. The van der Waals surface area contributed by atoms with Crippen LogP contribution < -0.4 is 25.1 Å². The highest BCUT2D eigenvalue weighted by Crippen LogP contribution is 2.36. The predicted molar refractivity (Wildman–Crippen MR) is 158 cm³/mol. The van der Waals surface area contributed by atoms with Crippen molar-refractivity contribution in [2.45, 2.75) is 32.9 Å². The van der Waals surface area contributed by atoms with E-state index in [1.54, 1.807) is 67.9 Å². The highest BCUT2D eigenvalue weighted by Gasteiger charge is 2.27. The van der Waals surface area contributed by atoms with E-state index in [2.05, 4.69) is 15.3 Å². The zero-order valence-corrected chi connectivity index (χ0v) is 24.2. The Hall–Kier alpha value is -5.23. The first kappa shape index (κ1) is 29.3. The lowest BCUT2D eigenvalue weighted by Gasteiger charge is -2.22. The van der Waals surface area contributed by atoms with Crippen LogP contribution in [0.25, 0.3) is 16.6 Å². The predicted octanol–water partition coefficient (Wildman–Crippen LogP) is 4.86. The molecule has 0 bridgehead atoms. The number of anilines is 1. The number of ether oxygens (including phenoxy) is 3. The minimum Gasteiger partial charge on any atom is -0.493 e. The van der Waals surface area contributed by atoms with Crippen LogP contribution in [0.3, 0.4) is 0 Å². The fourth-order valence-electron chi connectivity index (χ4n) is 4.69. The van der Waals surface area contributed by atoms with Gasteiger partial charge in [-0.05, 0) is 51.1 Å². The largest absolute Gasteiger partial charge is 0.493 e. The molecule has 222 valence electrons. The maximum Gasteiger partial charge on any atom is 0.284 e. The molecule has 0 atom stereocenters. The number of aliphatic hydroxyl groups is 1. The fourth-order valence-corrected chi connectivity index (χ4v) is 4.69. The van der Waals surface area contributed by atoms with Crippen molar-refractivity contribution >= 4 is 22.5 Å². The van der Waals surface area contributed by atoms with Crippen molar-refractivity contribution in [2.75, 3.05) is 19.5 Å². The zero-order chi connectivity index (χ0) is 30.9. The summed E-state index contributed by atoms with van der Waals surface area (Å²) < 4.78 is 34.6. The van der Waals surface area contributed by atoms with Crippen LogP contribution in [0.4, 0.5) is 10.1 Å². The molecule has 5 rings (SSSR count). The monoisotopic (exact) mass is 587 g/mol. The van der Waals surface area contributed by atoms with Crippen molar-refractivity contribution in [2.24, 2.45) is 0 Å². The Balaban J connectivity index is 1.44. The smallest absolute Gasteiger partial charge is 0.284 e. The van der Waals surface area contributed by atoms with Crippen molar-refractivity contribution in [1.29, 1.82) is 0 Å². The molecule has 0 spiro atoms. The fraction of sp³-hybridized carbons (Fsp3) is 0.226. The first-order chi connectivity index (χ1) is 20.5. The lowest BCUT2D eigenvalue weighted by atomic mass is 10.1. The molecule has 0 saturated carbocycles. The molecule has 0 aliphatic heterocycles. The van der Waals surface area contributed by atoms with Gasteiger partial charge in [-0.15, -0.1) is 0 Å². The van der Waals surface area contributed by atoms with E-state index in [0.29, 0.717) is 33.8 Å². The first-order valence-corrected chi connectivity index (χ1v) is 13.3. The van der Waals surface area contributed by atoms with Gasteiger partial charge >= 0.3 is 0 Å². The Labute approximate surface area is 246 Å². The molecule has 0 aliphatic carbocycles. The molecule has 0 fully saturated rings. The van der Waals surface area contributed by atoms with Crippen LogP contribution in [0.5, 0.6) is 23.1 Å². The second-order valence-corrected chi connectivity index (χ2v) is 10.4. The molecular formula is C31H30FN5O6. The van der Waals surface area contributed by atoms with Crippen LogP contribution in [0.1, 0.15) is 29.9 Å². The lowest BCUT2D eigenvalue weighted by molar-refractivity contribution is 0.0546. The molecular weight excluding hydrogens is 557 g/mol. The molecule has 0 unspecified atom stereocenters. The second kappa shape index (κ2) is 11.6. The molecule has 3 aromatic carbocycles. The van der Waals surface area contributed by atoms with Gasteiger partial charge in [0.2, 0.25) is 5.88 Å². The summed E-state index contributed by atoms with van der Waals surface area (Å²) in [5, 5.41) is 13.6. The SMILES string of the molecule is COc1cc2ncnc(Oc3ccc(NC(=O)c4c(C)n(CC(C)(C)O)n(-c5ccccc5)c4=O)cc3F)c2cc1OC. The third-order valence-corrected chi connectivity index (χ3v) is 6.66. The highest BCUT2D eigenvalue weighted by atomic mass is 19.1. The Kier molecular flexibility index (Phi) is 7.87. The first-order valence-electron chi connectivity index (χ1n) is 13.3. The number of rotatable bonds is 9. The second-order valence-electron chi connectivity index (χ2n) is 10.4. The Morgan fingerprint density at radius 2 is 1.70 bits per heavy atom. The molecule has 11 nitrogen and oxygen atoms in total. The molecule has 1 amide bonds. The molecule has 2 heterocycles. The van der Waals surface area contributed by atoms with Crippen LogP contribution in [0.15, 0.2) is 71.8 Å². The van der Waals surface area contributed by atoms with Crippen LogP contribution in [0.2, 0.25) is 0 Å². The number of halogens is 1. The molecule has 2 N–H and O–H groups in total. The number of hydrogen-bond acceptors (Lipinski definition) is 8. The number of nitrogens with zero attached hydrogens (tertiary/aromatic N) is 4. The Bertz CT molecular complexity index is 1880. The third kappa shape index (κ3) is 5.90. The van der Waals surface area contributed by atoms with Crippen LogP contribution >= 0.6 is 0 Å². The van der Waals surface area contributed by atoms with Gasteiger partial charge in [-0.1, -0.05) is 18.2 Å². The van der Waals surface area contributed by atoms with Gasteiger partial charge in [0.15, 0.2) is 23.1 Å². The number of para-hydroxylation sites is 1. The summed E-state index contributed by atoms with van der Waals surface area (Å²) >= 11 is 0. The Morgan fingerprint density at radius 3 is 2.35 bits per heavy atom. The maximum atomic E-state index is 15.2. The summed E-state index contributed by atoms with van der Waals surface area (Å²) in [5.74, 6) is -0.669. The number of carbonyl (C=O) groups excluding carboxylic acids is 1. The van der Waals surface area contributed by atoms with Crippen molar-refractivity contribution in [3.8, 4) is 28.8 Å². The summed E-state index contributed by atoms with van der Waals surface area (Å²) in [6.45, 7) is 4.88. The van der Waals surface area contributed by atoms with Crippen molar-refractivity contribution < 1.29 is 28.5 Å². The topological polar surface area (TPSA) is 130 Å². The number of hydrogen-bond donors (Lipinski definition) is 2. The number of benzene rings is 3. The normalized spacial score (nSPS) is 11.4. The quantitative estimate of drug-likeness (QED) is 0.250. The van der Waals surface area contributed by atoms with Crippen molar-refractivity contribution in [1.82, 2.24) is 19.3 Å². The number of aromatic nitrogens is 4. The molecule has 2 aromatic heterocycles. The van der Waals surface area contributed by atoms with Gasteiger partial charge in [-0.3, -0.25) is 14.3 Å². The van der Waals surface area contributed by atoms with Gasteiger partial charge in [-0.2, -0.15) is 0 Å². The number of nitrogens with one attached hydrogen (secondary N) is 1. The van der Waals surface area contributed by atoms with Crippen LogP contribution in [-0.2, 0) is 6.54 Å². The molecule has 12 heteroatoms. The molecule has 0 radical (unpaired) electrons. The van der Waals surface area contributed by atoms with Crippen molar-refractivity contribution in [3.05, 3.63) is 94.4 Å². The van der Waals surface area contributed by atoms with Gasteiger partial charge in [-0.25, -0.2) is 19.0 Å². The number of amides is 1. The lowest BCUT2D eigenvalue weighted by Crippen LogP contribution is -2.32. The molecule has 0 saturated heterocycles. The van der Waals surface area contributed by atoms with Gasteiger partial charge in [0.25, 0.3) is 11.5 Å². The zero-order valence-electron chi connectivity index (χ0n) is 24.2. The average Bonchev–Trinajstić information content (AvgIpc) is 3.21. The molecule has 0 aliphatic rings. The average molecular weight is 588 g/mol. The summed E-state index contributed by atoms with van der Waals surface area (Å²) in [4.78, 5) is 35.3. The van der Waals surface area contributed by atoms with Gasteiger partial charge in [0.05, 0.1) is 48.6 Å². The van der Waals surface area contributed by atoms with E-state index >= 15 is 4.39 Å². The maximum absolute atomic E-state index is 15.2. The van der Waals surface area contributed by atoms with E-state index in [0.717, 1.165) is 6.07 Å². The standard InChI is InChI=1S/C31H30FN5O6/c1-18-27(30(39)37(20-9-7-6-8-10-20)36(18)16-31(2,3)40)28(38)35-19-11-12-24(22(32)13-19)43-29-21-14-25(41-4)26(42-5)15-23(21)33-17-34-29/h6-15,17,40H,16H2,1-5H3,(H,35,38). The minimum atomic E-state index is -1.17. The van der Waals surface area contributed by atoms with E-state index in [4.69, 9.17) is 14.2 Å². The molecule has 43 heavy (non-hydrogen) atoms. The van der Waals surface area contributed by atoms with E-state index in [1.807, 2.05) is 0 Å². The third-order valence-electron chi connectivity index (χ3n) is 6.66. The van der Waals surface area contributed by atoms with E-state index < -0.39 is 22.9 Å². The van der Waals surface area contributed by atoms with Gasteiger partial charge in [0.1, 0.15) is 11.9 Å². The van der Waals surface area contributed by atoms with Gasteiger partial charge in [0, 0.05) is 17.8 Å². The van der Waals surface area contributed by atoms with E-state index in [1.165, 1.54) is 37.4 Å². The van der Waals surface area contributed by atoms with Crippen LogP contribution in [-0.4, -0.2) is 50.2 Å². The van der Waals surface area contributed by atoms with E-state index in [-0.39, 0.29) is 29.4 Å². The summed E-state index contributed by atoms with van der Waals surface area (Å²) in [7, 11) is 2.99.